The van der Waals surface area contributed by atoms with Crippen molar-refractivity contribution in [2.45, 2.75) is 20.8 Å². The van der Waals surface area contributed by atoms with Crippen molar-refractivity contribution in [1.29, 1.82) is 0 Å². The minimum atomic E-state index is -2.18. The van der Waals surface area contributed by atoms with Crippen LogP contribution in [0.2, 0.25) is 0 Å². The topological polar surface area (TPSA) is 12.5 Å². The number of hydrogen-bond acceptors (Lipinski definition) is 3. The number of thiol groups is 1. The van der Waals surface area contributed by atoms with Crippen LogP contribution in [0.15, 0.2) is 48.5 Å². The number of para-hydroxylation sites is 1. The second-order valence-electron chi connectivity index (χ2n) is 5.24. The molecule has 0 spiro atoms. The predicted octanol–water partition coefficient (Wildman–Crippen LogP) is 4.96. The molecular weight excluding hydrogens is 341 g/mol. The summed E-state index contributed by atoms with van der Waals surface area (Å²) in [6.07, 6.45) is 0. The lowest BCUT2D eigenvalue weighted by molar-refractivity contribution is 0.321. The fourth-order valence-corrected chi connectivity index (χ4v) is 5.37. The highest BCUT2D eigenvalue weighted by Crippen LogP contribution is 2.57. The van der Waals surface area contributed by atoms with E-state index in [-0.39, 0.29) is 0 Å². The van der Waals surface area contributed by atoms with Crippen molar-refractivity contribution in [3.63, 3.8) is 0 Å². The van der Waals surface area contributed by atoms with E-state index in [4.69, 9.17) is 16.3 Å². The van der Waals surface area contributed by atoms with Crippen LogP contribution in [0.3, 0.4) is 0 Å². The second kappa shape index (κ2) is 8.34. The molecule has 0 aliphatic carbocycles. The van der Waals surface area contributed by atoms with Gasteiger partial charge in [0.1, 0.15) is 5.75 Å². The van der Waals surface area contributed by atoms with Gasteiger partial charge in [0.2, 0.25) is 0 Å². The lowest BCUT2D eigenvalue weighted by atomic mass is 10.0. The van der Waals surface area contributed by atoms with Crippen LogP contribution in [0, 0.1) is 0 Å². The van der Waals surface area contributed by atoms with Crippen LogP contribution in [0.5, 0.6) is 5.75 Å². The Morgan fingerprint density at radius 2 is 1.43 bits per heavy atom. The van der Waals surface area contributed by atoms with Gasteiger partial charge in [-0.15, -0.1) is 0 Å². The Balaban J connectivity index is 0.000000236. The zero-order valence-corrected chi connectivity index (χ0v) is 16.5. The first-order valence-electron chi connectivity index (χ1n) is 7.97. The molecule has 1 atom stereocenters. The first kappa shape index (κ1) is 18.5. The van der Waals surface area contributed by atoms with Crippen LogP contribution in [-0.2, 0) is 11.8 Å². The van der Waals surface area contributed by atoms with E-state index in [0.29, 0.717) is 0 Å². The molecular formula is C18H24NOPS2. The first-order chi connectivity index (χ1) is 11.0. The van der Waals surface area contributed by atoms with E-state index in [1.165, 1.54) is 19.6 Å². The van der Waals surface area contributed by atoms with Gasteiger partial charge in [0.15, 0.2) is 5.47 Å². The van der Waals surface area contributed by atoms with Gasteiger partial charge in [0.05, 0.1) is 0 Å². The highest BCUT2D eigenvalue weighted by molar-refractivity contribution is 8.64. The standard InChI is InChI=1S/C12H9OPS2.C6H15N/c15-14(16)12-8-4-2-6-10(12)9-5-1-3-7-11(9)13-14;1-4-7(5-2)6-3/h1-8H,(H,15,16);4-6H2,1-3H3. The maximum absolute atomic E-state index is 5.84. The highest BCUT2D eigenvalue weighted by atomic mass is 32.9. The van der Waals surface area contributed by atoms with E-state index in [1.807, 2.05) is 36.4 Å². The summed E-state index contributed by atoms with van der Waals surface area (Å²) in [5.41, 5.74) is 0.0784. The van der Waals surface area contributed by atoms with Gasteiger partial charge in [-0.2, -0.15) is 0 Å². The van der Waals surface area contributed by atoms with Gasteiger partial charge < -0.3 is 9.42 Å². The molecule has 23 heavy (non-hydrogen) atoms. The van der Waals surface area contributed by atoms with Crippen LogP contribution in [0.4, 0.5) is 0 Å². The van der Waals surface area contributed by atoms with Crippen LogP contribution in [0.1, 0.15) is 20.8 Å². The van der Waals surface area contributed by atoms with Gasteiger partial charge in [0.25, 0.3) is 0 Å². The van der Waals surface area contributed by atoms with E-state index in [9.17, 15) is 0 Å². The Hall–Kier alpha value is -0.800. The van der Waals surface area contributed by atoms with Crippen molar-refractivity contribution in [2.75, 3.05) is 19.6 Å². The molecule has 0 radical (unpaired) electrons. The van der Waals surface area contributed by atoms with Gasteiger partial charge in [-0.25, -0.2) is 0 Å². The quantitative estimate of drug-likeness (QED) is 0.610. The Morgan fingerprint density at radius 1 is 0.913 bits per heavy atom. The van der Waals surface area contributed by atoms with E-state index in [2.05, 4.69) is 50.1 Å². The minimum Gasteiger partial charge on any atom is -0.453 e. The SMILES string of the molecule is CCN(CC)CC.S=P1(S)Oc2ccccc2-c2ccccc21. The van der Waals surface area contributed by atoms with Crippen molar-refractivity contribution in [1.82, 2.24) is 4.90 Å². The molecule has 2 aromatic rings. The van der Waals surface area contributed by atoms with E-state index >= 15 is 0 Å². The summed E-state index contributed by atoms with van der Waals surface area (Å²) in [5.74, 6) is 0.847. The predicted molar refractivity (Wildman–Crippen MR) is 109 cm³/mol. The van der Waals surface area contributed by atoms with Crippen molar-refractivity contribution in [3.8, 4) is 16.9 Å². The molecule has 1 aliphatic rings. The smallest absolute Gasteiger partial charge is 0.194 e. The monoisotopic (exact) mass is 365 g/mol. The third kappa shape index (κ3) is 4.39. The van der Waals surface area contributed by atoms with Crippen molar-refractivity contribution in [2.24, 2.45) is 0 Å². The van der Waals surface area contributed by atoms with Gasteiger partial charge in [-0.3, -0.25) is 0 Å². The van der Waals surface area contributed by atoms with Gasteiger partial charge >= 0.3 is 0 Å². The lowest BCUT2D eigenvalue weighted by Gasteiger charge is -2.27. The van der Waals surface area contributed by atoms with E-state index in [0.717, 1.165) is 22.2 Å². The molecule has 0 N–H and O–H groups in total. The summed E-state index contributed by atoms with van der Waals surface area (Å²) in [6.45, 7) is 10.1. The van der Waals surface area contributed by atoms with Crippen LogP contribution in [-0.4, -0.2) is 24.5 Å². The van der Waals surface area contributed by atoms with Crippen molar-refractivity contribution >= 4 is 34.8 Å². The number of hydrogen-bond donors (Lipinski definition) is 1. The lowest BCUT2D eigenvalue weighted by Crippen LogP contribution is -2.21. The molecule has 0 amide bonds. The fourth-order valence-electron chi connectivity index (χ4n) is 2.57. The molecule has 2 aromatic carbocycles. The third-order valence-corrected chi connectivity index (χ3v) is 7.10. The zero-order chi connectivity index (χ0) is 16.9. The Morgan fingerprint density at radius 3 is 2.00 bits per heavy atom. The molecule has 0 aromatic heterocycles. The summed E-state index contributed by atoms with van der Waals surface area (Å²) in [6, 6.07) is 16.0. The molecule has 1 unspecified atom stereocenters. The average molecular weight is 366 g/mol. The van der Waals surface area contributed by atoms with E-state index in [1.54, 1.807) is 0 Å². The molecule has 0 saturated heterocycles. The molecule has 2 nitrogen and oxygen atoms in total. The normalized spacial score (nSPS) is 18.3. The Kier molecular flexibility index (Phi) is 6.72. The summed E-state index contributed by atoms with van der Waals surface area (Å²) >= 11 is 10.0. The summed E-state index contributed by atoms with van der Waals surface area (Å²) in [7, 11) is 0. The summed E-state index contributed by atoms with van der Waals surface area (Å²) in [4.78, 5) is 2.38. The van der Waals surface area contributed by atoms with E-state index < -0.39 is 5.47 Å². The van der Waals surface area contributed by atoms with Gasteiger partial charge in [-0.05, 0) is 49.1 Å². The maximum atomic E-state index is 5.84. The van der Waals surface area contributed by atoms with Crippen molar-refractivity contribution in [3.05, 3.63) is 48.5 Å². The maximum Gasteiger partial charge on any atom is 0.194 e. The van der Waals surface area contributed by atoms with Gasteiger partial charge in [0, 0.05) is 10.9 Å². The molecule has 0 bridgehead atoms. The molecule has 0 fully saturated rings. The molecule has 1 aliphatic heterocycles. The van der Waals surface area contributed by atoms with Crippen LogP contribution >= 0.6 is 17.7 Å². The third-order valence-electron chi connectivity index (χ3n) is 3.95. The van der Waals surface area contributed by atoms with Crippen LogP contribution in [0.25, 0.3) is 11.1 Å². The molecule has 0 saturated carbocycles. The highest BCUT2D eigenvalue weighted by Gasteiger charge is 2.28. The number of benzene rings is 2. The molecule has 124 valence electrons. The first-order valence-corrected chi connectivity index (χ1v) is 11.8. The Bertz CT molecular complexity index is 695. The molecule has 3 rings (SSSR count). The fraction of sp³-hybridized carbons (Fsp3) is 0.333. The number of fused-ring (bicyclic) bond motifs is 3. The minimum absolute atomic E-state index is 0.847. The average Bonchev–Trinajstić information content (AvgIpc) is 2.57. The van der Waals surface area contributed by atoms with Gasteiger partial charge in [-0.1, -0.05) is 69.4 Å². The zero-order valence-electron chi connectivity index (χ0n) is 13.9. The number of nitrogens with zero attached hydrogens (tertiary/aromatic N) is 1. The number of rotatable bonds is 3. The molecule has 5 heteroatoms. The summed E-state index contributed by atoms with van der Waals surface area (Å²) in [5, 5.41) is 1.05. The Labute approximate surface area is 150 Å². The second-order valence-corrected chi connectivity index (χ2v) is 11.0. The molecule has 1 heterocycles. The largest absolute Gasteiger partial charge is 0.453 e. The van der Waals surface area contributed by atoms with Crippen molar-refractivity contribution < 1.29 is 4.52 Å². The van der Waals surface area contributed by atoms with Crippen LogP contribution < -0.4 is 9.83 Å². The summed E-state index contributed by atoms with van der Waals surface area (Å²) < 4.78 is 5.84.